The summed E-state index contributed by atoms with van der Waals surface area (Å²) in [5, 5.41) is 10.1. The summed E-state index contributed by atoms with van der Waals surface area (Å²) in [6.07, 6.45) is 5.72. The lowest BCUT2D eigenvalue weighted by atomic mass is 9.78. The summed E-state index contributed by atoms with van der Waals surface area (Å²) in [5.74, 6) is 0.176. The van der Waals surface area contributed by atoms with E-state index in [1.807, 2.05) is 44.3 Å². The van der Waals surface area contributed by atoms with Crippen LogP contribution in [0, 0.1) is 0 Å². The predicted octanol–water partition coefficient (Wildman–Crippen LogP) is 4.44. The molecule has 5 rings (SSSR count). The van der Waals surface area contributed by atoms with Gasteiger partial charge in [-0.15, -0.1) is 0 Å². The molecule has 33 heavy (non-hydrogen) atoms. The number of hydrogen-bond acceptors (Lipinski definition) is 5. The summed E-state index contributed by atoms with van der Waals surface area (Å²) in [6, 6.07) is 13.0. The van der Waals surface area contributed by atoms with E-state index in [2.05, 4.69) is 30.9 Å². The van der Waals surface area contributed by atoms with Crippen molar-refractivity contribution >= 4 is 40.0 Å². The third-order valence-corrected chi connectivity index (χ3v) is 5.92. The highest BCUT2D eigenvalue weighted by Gasteiger charge is 2.32. The number of aromatic nitrogens is 3. The maximum absolute atomic E-state index is 13.1. The minimum absolute atomic E-state index is 0.0257. The molecule has 0 bridgehead atoms. The molecule has 8 nitrogen and oxygen atoms in total. The summed E-state index contributed by atoms with van der Waals surface area (Å²) < 4.78 is 0. The topological polar surface area (TPSA) is 112 Å². The number of aromatic amines is 1. The number of nitrogens with zero attached hydrogens (tertiary/aromatic N) is 2. The molecule has 0 unspecified atom stereocenters. The molecule has 1 aliphatic heterocycles. The van der Waals surface area contributed by atoms with Crippen molar-refractivity contribution in [1.29, 1.82) is 0 Å². The molecular weight excluding hydrogens is 416 g/mol. The van der Waals surface area contributed by atoms with Gasteiger partial charge in [0.1, 0.15) is 11.5 Å². The van der Waals surface area contributed by atoms with Crippen LogP contribution in [0.25, 0.3) is 11.0 Å². The number of anilines is 3. The zero-order chi connectivity index (χ0) is 23.0. The first-order valence-corrected chi connectivity index (χ1v) is 10.8. The van der Waals surface area contributed by atoms with Gasteiger partial charge in [-0.3, -0.25) is 9.59 Å². The Morgan fingerprint density at radius 2 is 1.94 bits per heavy atom. The molecule has 4 N–H and O–H groups in total. The van der Waals surface area contributed by atoms with Crippen molar-refractivity contribution in [3.05, 3.63) is 77.7 Å². The minimum atomic E-state index is -0.285. The van der Waals surface area contributed by atoms with Crippen LogP contribution < -0.4 is 16.0 Å². The number of carbonyl (C=O) groups excluding carboxylic acids is 2. The smallest absolute Gasteiger partial charge is 0.259 e. The van der Waals surface area contributed by atoms with E-state index in [1.165, 1.54) is 0 Å². The maximum atomic E-state index is 13.1. The molecule has 166 valence electrons. The van der Waals surface area contributed by atoms with Gasteiger partial charge in [0.2, 0.25) is 5.91 Å². The Hall–Kier alpha value is -4.20. The van der Waals surface area contributed by atoms with E-state index in [9.17, 15) is 9.59 Å². The molecule has 8 heteroatoms. The number of benzene rings is 1. The van der Waals surface area contributed by atoms with Crippen molar-refractivity contribution in [3.63, 3.8) is 0 Å². The summed E-state index contributed by atoms with van der Waals surface area (Å²) in [7, 11) is 0. The van der Waals surface area contributed by atoms with Gasteiger partial charge in [-0.1, -0.05) is 19.9 Å². The Morgan fingerprint density at radius 3 is 2.82 bits per heavy atom. The molecule has 0 saturated carbocycles. The largest absolute Gasteiger partial charge is 0.365 e. The number of fused-ring (bicyclic) bond motifs is 2. The number of hydrogen-bond donors (Lipinski definition) is 4. The highest BCUT2D eigenvalue weighted by Crippen LogP contribution is 2.38. The second-order valence-electron chi connectivity index (χ2n) is 8.79. The normalized spacial score (nSPS) is 14.4. The van der Waals surface area contributed by atoms with Gasteiger partial charge in [-0.2, -0.15) is 0 Å². The quantitative estimate of drug-likeness (QED) is 0.367. The van der Waals surface area contributed by atoms with Gasteiger partial charge in [0.05, 0.1) is 5.56 Å². The van der Waals surface area contributed by atoms with E-state index < -0.39 is 0 Å². The Morgan fingerprint density at radius 1 is 1.12 bits per heavy atom. The number of pyridine rings is 2. The monoisotopic (exact) mass is 440 g/mol. The number of carbonyl (C=O) groups is 2. The lowest BCUT2D eigenvalue weighted by Crippen LogP contribution is -2.32. The first kappa shape index (κ1) is 20.7. The molecule has 4 heterocycles. The van der Waals surface area contributed by atoms with Crippen molar-refractivity contribution in [2.45, 2.75) is 32.2 Å². The Balaban J connectivity index is 1.35. The van der Waals surface area contributed by atoms with Crippen LogP contribution in [0.2, 0.25) is 0 Å². The Labute approximate surface area is 190 Å². The molecule has 2 amide bonds. The van der Waals surface area contributed by atoms with Gasteiger partial charge in [0, 0.05) is 53.7 Å². The van der Waals surface area contributed by atoms with Crippen molar-refractivity contribution in [2.24, 2.45) is 0 Å². The van der Waals surface area contributed by atoms with Gasteiger partial charge < -0.3 is 20.9 Å². The summed E-state index contributed by atoms with van der Waals surface area (Å²) >= 11 is 0. The van der Waals surface area contributed by atoms with Crippen LogP contribution in [0.5, 0.6) is 0 Å². The van der Waals surface area contributed by atoms with Crippen LogP contribution in [0.3, 0.4) is 0 Å². The first-order chi connectivity index (χ1) is 15.9. The van der Waals surface area contributed by atoms with E-state index in [-0.39, 0.29) is 17.2 Å². The number of H-pyrrole nitrogens is 1. The summed E-state index contributed by atoms with van der Waals surface area (Å²) in [4.78, 5) is 37.0. The molecule has 0 atom stereocenters. The zero-order valence-electron chi connectivity index (χ0n) is 18.4. The molecular formula is C25H24N6O2. The molecule has 0 aliphatic carbocycles. The second-order valence-corrected chi connectivity index (χ2v) is 8.79. The number of nitrogens with one attached hydrogen (secondary N) is 4. The second kappa shape index (κ2) is 8.05. The first-order valence-electron chi connectivity index (χ1n) is 10.8. The SMILES string of the molecule is CC1(C)CC(=O)Nc2cc(NC(=O)c3cccnc3NCc3c[nH]c4ncccc34)ccc21. The molecule has 0 spiro atoms. The van der Waals surface area contributed by atoms with Gasteiger partial charge in [0.25, 0.3) is 5.91 Å². The molecule has 0 radical (unpaired) electrons. The Kier molecular flexibility index (Phi) is 5.05. The molecule has 4 aromatic rings. The van der Waals surface area contributed by atoms with Gasteiger partial charge in [-0.05, 0) is 47.5 Å². The summed E-state index contributed by atoms with van der Waals surface area (Å²) in [6.45, 7) is 4.57. The fraction of sp³-hybridized carbons (Fsp3) is 0.200. The van der Waals surface area contributed by atoms with Crippen LogP contribution in [0.1, 0.15) is 41.8 Å². The van der Waals surface area contributed by atoms with E-state index in [0.29, 0.717) is 30.0 Å². The fourth-order valence-corrected chi connectivity index (χ4v) is 4.27. The highest BCUT2D eigenvalue weighted by atomic mass is 16.2. The minimum Gasteiger partial charge on any atom is -0.365 e. The summed E-state index contributed by atoms with van der Waals surface area (Å²) in [5.41, 5.74) is 4.41. The fourth-order valence-electron chi connectivity index (χ4n) is 4.27. The Bertz CT molecular complexity index is 1370. The van der Waals surface area contributed by atoms with Crippen LogP contribution in [-0.2, 0) is 16.8 Å². The van der Waals surface area contributed by atoms with Crippen molar-refractivity contribution < 1.29 is 9.59 Å². The van der Waals surface area contributed by atoms with E-state index in [4.69, 9.17) is 0 Å². The lowest BCUT2D eigenvalue weighted by Gasteiger charge is -2.32. The predicted molar refractivity (Wildman–Crippen MR) is 128 cm³/mol. The molecule has 0 saturated heterocycles. The van der Waals surface area contributed by atoms with E-state index >= 15 is 0 Å². The molecule has 0 fully saturated rings. The third-order valence-electron chi connectivity index (χ3n) is 5.92. The molecule has 3 aromatic heterocycles. The van der Waals surface area contributed by atoms with E-state index in [0.717, 1.165) is 27.8 Å². The highest BCUT2D eigenvalue weighted by molar-refractivity contribution is 6.08. The molecule has 1 aromatic carbocycles. The maximum Gasteiger partial charge on any atom is 0.259 e. The van der Waals surface area contributed by atoms with E-state index in [1.54, 1.807) is 30.6 Å². The van der Waals surface area contributed by atoms with Crippen LogP contribution >= 0.6 is 0 Å². The van der Waals surface area contributed by atoms with Gasteiger partial charge >= 0.3 is 0 Å². The van der Waals surface area contributed by atoms with Crippen molar-refractivity contribution in [3.8, 4) is 0 Å². The van der Waals surface area contributed by atoms with Crippen molar-refractivity contribution in [1.82, 2.24) is 15.0 Å². The van der Waals surface area contributed by atoms with Gasteiger partial charge in [-0.25, -0.2) is 9.97 Å². The number of amides is 2. The zero-order valence-corrected chi connectivity index (χ0v) is 18.4. The van der Waals surface area contributed by atoms with Gasteiger partial charge in [0.15, 0.2) is 0 Å². The van der Waals surface area contributed by atoms with Crippen LogP contribution in [-0.4, -0.2) is 26.8 Å². The van der Waals surface area contributed by atoms with Crippen molar-refractivity contribution in [2.75, 3.05) is 16.0 Å². The average molecular weight is 441 g/mol. The van der Waals surface area contributed by atoms with Crippen LogP contribution in [0.4, 0.5) is 17.2 Å². The standard InChI is InChI=1S/C25H24N6O2/c1-25(2)12-21(32)31-20-11-16(7-8-19(20)25)30-24(33)18-6-4-10-27-23(18)29-14-15-13-28-22-17(15)5-3-9-26-22/h3-11,13H,12,14H2,1-2H3,(H,26,28)(H,27,29)(H,30,33)(H,31,32). The number of rotatable bonds is 5. The molecule has 1 aliphatic rings. The third kappa shape index (κ3) is 4.03. The van der Waals surface area contributed by atoms with Crippen LogP contribution in [0.15, 0.2) is 61.1 Å². The lowest BCUT2D eigenvalue weighted by molar-refractivity contribution is -0.117. The average Bonchev–Trinajstić information content (AvgIpc) is 3.20.